The zero-order valence-electron chi connectivity index (χ0n) is 19.6. The molecule has 0 aliphatic heterocycles. The molecule has 1 unspecified atom stereocenters. The van der Waals surface area contributed by atoms with Crippen molar-refractivity contribution >= 4 is 17.3 Å². The van der Waals surface area contributed by atoms with Gasteiger partial charge in [-0.3, -0.25) is 9.59 Å². The summed E-state index contributed by atoms with van der Waals surface area (Å²) >= 11 is 0. The lowest BCUT2D eigenvalue weighted by atomic mass is 9.41. The van der Waals surface area contributed by atoms with Crippen LogP contribution in [0, 0.1) is 39.9 Å². The Hall–Kier alpha value is -1.23. The summed E-state index contributed by atoms with van der Waals surface area (Å²) in [4.78, 5) is 31.9. The number of hydrogen-bond acceptors (Lipinski definition) is 5. The summed E-state index contributed by atoms with van der Waals surface area (Å²) < 4.78 is 0. The maximum absolute atomic E-state index is 13.7. The lowest BCUT2D eigenvalue weighted by Crippen LogP contribution is -2.61. The van der Waals surface area contributed by atoms with Gasteiger partial charge in [0.1, 0.15) is 18.2 Å². The van der Waals surface area contributed by atoms with E-state index in [1.165, 1.54) is 0 Å². The molecule has 0 spiro atoms. The minimum Gasteiger partial charge on any atom is -0.396 e. The van der Waals surface area contributed by atoms with Crippen LogP contribution in [0.2, 0.25) is 0 Å². The van der Waals surface area contributed by atoms with Crippen LogP contribution >= 0.6 is 0 Å². The van der Waals surface area contributed by atoms with Gasteiger partial charge in [-0.25, -0.2) is 0 Å². The molecule has 6 atom stereocenters. The van der Waals surface area contributed by atoms with Crippen LogP contribution in [0.3, 0.4) is 0 Å². The topological polar surface area (TPSA) is 67.8 Å². The van der Waals surface area contributed by atoms with E-state index in [0.29, 0.717) is 48.8 Å². The summed E-state index contributed by atoms with van der Waals surface area (Å²) in [5.41, 5.74) is 0.604. The Bertz CT molecular complexity index is 745. The van der Waals surface area contributed by atoms with Gasteiger partial charge in [-0.05, 0) is 75.3 Å². The minimum absolute atomic E-state index is 0.00104. The molecule has 0 saturated heterocycles. The Kier molecular flexibility index (Phi) is 5.66. The van der Waals surface area contributed by atoms with E-state index in [1.807, 2.05) is 7.05 Å². The van der Waals surface area contributed by atoms with Crippen molar-refractivity contribution in [2.75, 3.05) is 20.2 Å². The number of Topliss-reactive ketones (excluding diaryl/α,β-unsaturated/α-hetero) is 2. The van der Waals surface area contributed by atoms with E-state index in [2.05, 4.69) is 38.2 Å². The van der Waals surface area contributed by atoms with Crippen LogP contribution in [-0.4, -0.2) is 37.5 Å². The highest BCUT2D eigenvalue weighted by Crippen LogP contribution is 2.66. The number of hydrogen-bond donors (Lipinski definition) is 1. The summed E-state index contributed by atoms with van der Waals surface area (Å²) in [7, 11) is 1.94. The highest BCUT2D eigenvalue weighted by molar-refractivity contribution is 5.97. The molecule has 4 rings (SSSR count). The van der Waals surface area contributed by atoms with Crippen LogP contribution in [-0.2, 0) is 14.4 Å². The second kappa shape index (κ2) is 7.72. The van der Waals surface area contributed by atoms with Gasteiger partial charge in [0.05, 0.1) is 5.71 Å². The summed E-state index contributed by atoms with van der Waals surface area (Å²) in [6.07, 6.45) is 7.28. The SMILES string of the molecule is CNCCCO/N=C1\CC[C@@]2(C)C(C(=O)C[C@@H]3[C@@H]2CC[C@]2(C)C(=O)CC[C@@H]32)C1(C)C. The van der Waals surface area contributed by atoms with Crippen molar-refractivity contribution in [3.63, 3.8) is 0 Å². The fourth-order valence-corrected chi connectivity index (χ4v) is 8.13. The summed E-state index contributed by atoms with van der Waals surface area (Å²) in [6.45, 7) is 10.5. The Morgan fingerprint density at radius 1 is 1.07 bits per heavy atom. The van der Waals surface area contributed by atoms with Crippen LogP contribution in [0.4, 0.5) is 0 Å². The van der Waals surface area contributed by atoms with Crippen molar-refractivity contribution in [1.29, 1.82) is 0 Å². The van der Waals surface area contributed by atoms with Gasteiger partial charge in [-0.1, -0.05) is 32.9 Å². The standard InChI is InChI=1S/C25H40N2O3/c1-23(2)20(27-30-14-6-13-26-5)10-12-25(4)18-9-11-24(3)17(7-8-21(24)29)16(18)15-19(28)22(23)25/h16-18,22,26H,6-15H2,1-5H3/b27-20+/t16-,17-,18-,22?,24-,25+/m0/s1. The van der Waals surface area contributed by atoms with E-state index >= 15 is 0 Å². The first-order valence-corrected chi connectivity index (χ1v) is 12.1. The largest absolute Gasteiger partial charge is 0.396 e. The van der Waals surface area contributed by atoms with Gasteiger partial charge in [-0.2, -0.15) is 0 Å². The average molecular weight is 417 g/mol. The molecule has 5 nitrogen and oxygen atoms in total. The maximum Gasteiger partial charge on any atom is 0.139 e. The van der Waals surface area contributed by atoms with Crippen molar-refractivity contribution in [1.82, 2.24) is 5.32 Å². The molecule has 0 aromatic carbocycles. The number of carbonyl (C=O) groups is 2. The lowest BCUT2D eigenvalue weighted by molar-refractivity contribution is -0.160. The third kappa shape index (κ3) is 3.18. The maximum atomic E-state index is 13.7. The monoisotopic (exact) mass is 416 g/mol. The Labute approximate surface area is 181 Å². The molecule has 4 fully saturated rings. The van der Waals surface area contributed by atoms with Crippen molar-refractivity contribution in [3.05, 3.63) is 0 Å². The smallest absolute Gasteiger partial charge is 0.139 e. The molecule has 4 aliphatic carbocycles. The molecule has 0 bridgehead atoms. The number of rotatable bonds is 5. The Morgan fingerprint density at radius 2 is 1.83 bits per heavy atom. The van der Waals surface area contributed by atoms with Gasteiger partial charge < -0.3 is 10.2 Å². The van der Waals surface area contributed by atoms with Crippen LogP contribution < -0.4 is 5.32 Å². The van der Waals surface area contributed by atoms with E-state index in [-0.39, 0.29) is 22.2 Å². The lowest BCUT2D eigenvalue weighted by Gasteiger charge is -2.62. The van der Waals surface area contributed by atoms with Gasteiger partial charge >= 0.3 is 0 Å². The second-order valence-electron chi connectivity index (χ2n) is 11.5. The third-order valence-corrected chi connectivity index (χ3v) is 9.61. The molecule has 5 heteroatoms. The Morgan fingerprint density at radius 3 is 2.57 bits per heavy atom. The van der Waals surface area contributed by atoms with Crippen molar-refractivity contribution in [3.8, 4) is 0 Å². The molecule has 4 saturated carbocycles. The number of fused-ring (bicyclic) bond motifs is 5. The van der Waals surface area contributed by atoms with Crippen molar-refractivity contribution in [2.45, 2.75) is 79.1 Å². The molecular weight excluding hydrogens is 376 g/mol. The number of nitrogens with zero attached hydrogens (tertiary/aromatic N) is 1. The van der Waals surface area contributed by atoms with E-state index in [9.17, 15) is 9.59 Å². The average Bonchev–Trinajstić information content (AvgIpc) is 2.98. The van der Waals surface area contributed by atoms with Crippen LogP contribution in [0.15, 0.2) is 5.16 Å². The highest BCUT2D eigenvalue weighted by Gasteiger charge is 2.65. The van der Waals surface area contributed by atoms with Gasteiger partial charge in [0.2, 0.25) is 0 Å². The van der Waals surface area contributed by atoms with Gasteiger partial charge in [0, 0.05) is 29.6 Å². The highest BCUT2D eigenvalue weighted by atomic mass is 16.6. The molecule has 0 aromatic heterocycles. The molecule has 4 aliphatic rings. The van der Waals surface area contributed by atoms with E-state index < -0.39 is 0 Å². The molecule has 0 aromatic rings. The second-order valence-corrected chi connectivity index (χ2v) is 11.5. The van der Waals surface area contributed by atoms with Gasteiger partial charge in [-0.15, -0.1) is 0 Å². The summed E-state index contributed by atoms with van der Waals surface area (Å²) in [5, 5.41) is 7.66. The minimum atomic E-state index is -0.274. The summed E-state index contributed by atoms with van der Waals surface area (Å²) in [6, 6.07) is 0. The van der Waals surface area contributed by atoms with Crippen molar-refractivity contribution < 1.29 is 14.4 Å². The van der Waals surface area contributed by atoms with Crippen LogP contribution in [0.25, 0.3) is 0 Å². The molecule has 1 N–H and O–H groups in total. The predicted molar refractivity (Wildman–Crippen MR) is 118 cm³/mol. The van der Waals surface area contributed by atoms with Crippen molar-refractivity contribution in [2.24, 2.45) is 45.1 Å². The third-order valence-electron chi connectivity index (χ3n) is 9.61. The predicted octanol–water partition coefficient (Wildman–Crippen LogP) is 4.40. The Balaban J connectivity index is 1.58. The molecule has 0 amide bonds. The molecule has 0 heterocycles. The zero-order valence-corrected chi connectivity index (χ0v) is 19.6. The molecule has 0 radical (unpaired) electrons. The fourth-order valence-electron chi connectivity index (χ4n) is 8.13. The number of nitrogens with one attached hydrogen (secondary N) is 1. The first-order chi connectivity index (χ1) is 14.2. The number of oxime groups is 1. The quantitative estimate of drug-likeness (QED) is 0.533. The van der Waals surface area contributed by atoms with E-state index in [1.54, 1.807) is 0 Å². The normalized spacial score (nSPS) is 43.8. The number of carbonyl (C=O) groups excluding carboxylic acids is 2. The van der Waals surface area contributed by atoms with Crippen LogP contribution in [0.5, 0.6) is 0 Å². The molecular formula is C25H40N2O3. The first-order valence-electron chi connectivity index (χ1n) is 12.1. The molecule has 30 heavy (non-hydrogen) atoms. The summed E-state index contributed by atoms with van der Waals surface area (Å²) in [5.74, 6) is 2.17. The van der Waals surface area contributed by atoms with E-state index in [0.717, 1.165) is 50.8 Å². The number of ketones is 2. The van der Waals surface area contributed by atoms with E-state index in [4.69, 9.17) is 4.84 Å². The molecule has 168 valence electrons. The van der Waals surface area contributed by atoms with Crippen LogP contribution in [0.1, 0.15) is 79.1 Å². The fraction of sp³-hybridized carbons (Fsp3) is 0.880. The van der Waals surface area contributed by atoms with Gasteiger partial charge in [0.15, 0.2) is 0 Å². The zero-order chi connectivity index (χ0) is 21.7. The first kappa shape index (κ1) is 22.0. The van der Waals surface area contributed by atoms with Gasteiger partial charge in [0.25, 0.3) is 0 Å².